The van der Waals surface area contributed by atoms with Crippen molar-refractivity contribution in [1.82, 2.24) is 10.3 Å². The van der Waals surface area contributed by atoms with Crippen LogP contribution < -0.4 is 9.84 Å². The second kappa shape index (κ2) is 14.2. The molecule has 1 unspecified atom stereocenters. The quantitative estimate of drug-likeness (QED) is 0.284. The third-order valence-corrected chi connectivity index (χ3v) is 9.19. The number of hydrogen-bond acceptors (Lipinski definition) is 8. The highest BCUT2D eigenvalue weighted by atomic mass is 32.2. The van der Waals surface area contributed by atoms with E-state index < -0.39 is 16.1 Å². The van der Waals surface area contributed by atoms with Crippen LogP contribution in [0.2, 0.25) is 0 Å². The van der Waals surface area contributed by atoms with Gasteiger partial charge < -0.3 is 14.6 Å². The van der Waals surface area contributed by atoms with Gasteiger partial charge in [-0.15, -0.1) is 0 Å². The zero-order valence-corrected chi connectivity index (χ0v) is 23.6. The van der Waals surface area contributed by atoms with Crippen molar-refractivity contribution in [2.75, 3.05) is 56.2 Å². The second-order valence-corrected chi connectivity index (χ2v) is 12.3. The largest absolute Gasteiger partial charge is 0.461 e. The molecule has 2 aliphatic rings. The van der Waals surface area contributed by atoms with E-state index in [4.69, 9.17) is 9.47 Å². The van der Waals surface area contributed by atoms with Crippen LogP contribution in [0.5, 0.6) is 0 Å². The van der Waals surface area contributed by atoms with Gasteiger partial charge in [0.1, 0.15) is 6.61 Å². The molecule has 9 nitrogen and oxygen atoms in total. The molecule has 0 radical (unpaired) electrons. The molecule has 2 aromatic carbocycles. The summed E-state index contributed by atoms with van der Waals surface area (Å²) < 4.78 is 37.6. The molecule has 10 heteroatoms. The fourth-order valence-corrected chi connectivity index (χ4v) is 6.11. The highest BCUT2D eigenvalue weighted by Gasteiger charge is 2.25. The normalized spacial score (nSPS) is 17.7. The number of nitrogens with zero attached hydrogens (tertiary/aromatic N) is 2. The van der Waals surface area contributed by atoms with E-state index in [0.717, 1.165) is 49.9 Å². The minimum Gasteiger partial charge on any atom is -0.461 e. The lowest BCUT2D eigenvalue weighted by molar-refractivity contribution is 0.0195. The molecule has 2 N–H and O–H groups in total. The summed E-state index contributed by atoms with van der Waals surface area (Å²) in [6.45, 7) is 6.16. The van der Waals surface area contributed by atoms with Crippen LogP contribution in [0.25, 0.3) is 0 Å². The SMILES string of the molecule is CCS(=O)(=O)N(NCCc1ccc(C(=O)OCCN2CCOCC2)cc1)c1ccc(C(O)C2CCCC2)cc1. The number of sulfonamides is 1. The molecule has 0 bridgehead atoms. The molecule has 2 fully saturated rings. The van der Waals surface area contributed by atoms with Crippen molar-refractivity contribution in [2.45, 2.75) is 45.1 Å². The van der Waals surface area contributed by atoms with Gasteiger partial charge in [-0.25, -0.2) is 23.1 Å². The van der Waals surface area contributed by atoms with Crippen molar-refractivity contribution in [3.05, 3.63) is 65.2 Å². The molecule has 1 saturated heterocycles. The van der Waals surface area contributed by atoms with Gasteiger partial charge >= 0.3 is 5.97 Å². The molecule has 2 aromatic rings. The van der Waals surface area contributed by atoms with E-state index in [-0.39, 0.29) is 17.6 Å². The Morgan fingerprint density at radius 1 is 1.10 bits per heavy atom. The lowest BCUT2D eigenvalue weighted by Crippen LogP contribution is -2.44. The van der Waals surface area contributed by atoms with Gasteiger partial charge in [0.15, 0.2) is 0 Å². The van der Waals surface area contributed by atoms with Crippen LogP contribution in [-0.4, -0.2) is 76.1 Å². The molecule has 214 valence electrons. The zero-order valence-electron chi connectivity index (χ0n) is 22.8. The van der Waals surface area contributed by atoms with Gasteiger partial charge in [0, 0.05) is 26.2 Å². The molecule has 1 saturated carbocycles. The monoisotopic (exact) mass is 559 g/mol. The first kappa shape index (κ1) is 29.5. The van der Waals surface area contributed by atoms with Gasteiger partial charge in [-0.05, 0) is 67.5 Å². The maximum atomic E-state index is 12.8. The predicted molar refractivity (Wildman–Crippen MR) is 151 cm³/mol. The second-order valence-electron chi connectivity index (χ2n) is 10.2. The number of morpholine rings is 1. The molecule has 1 atom stereocenters. The third-order valence-electron chi connectivity index (χ3n) is 7.56. The highest BCUT2D eigenvalue weighted by Crippen LogP contribution is 2.36. The molecule has 0 amide bonds. The minimum absolute atomic E-state index is 0.0468. The van der Waals surface area contributed by atoms with Crippen LogP contribution in [-0.2, 0) is 25.9 Å². The van der Waals surface area contributed by atoms with Gasteiger partial charge in [-0.3, -0.25) is 4.90 Å². The summed E-state index contributed by atoms with van der Waals surface area (Å²) in [5.74, 6) is -0.128. The molecular weight excluding hydrogens is 518 g/mol. The number of aliphatic hydroxyl groups is 1. The van der Waals surface area contributed by atoms with Crippen molar-refractivity contribution in [3.8, 4) is 0 Å². The first-order chi connectivity index (χ1) is 18.9. The number of rotatable bonds is 13. The van der Waals surface area contributed by atoms with E-state index in [1.54, 1.807) is 31.2 Å². The van der Waals surface area contributed by atoms with Crippen LogP contribution in [0.4, 0.5) is 5.69 Å². The molecule has 39 heavy (non-hydrogen) atoms. The average molecular weight is 560 g/mol. The number of esters is 1. The topological polar surface area (TPSA) is 108 Å². The van der Waals surface area contributed by atoms with E-state index in [9.17, 15) is 18.3 Å². The summed E-state index contributed by atoms with van der Waals surface area (Å²) in [6, 6.07) is 14.3. The number of hydrazine groups is 1. The van der Waals surface area contributed by atoms with Crippen LogP contribution >= 0.6 is 0 Å². The summed E-state index contributed by atoms with van der Waals surface area (Å²) in [7, 11) is -3.56. The number of nitrogens with one attached hydrogen (secondary N) is 1. The van der Waals surface area contributed by atoms with Gasteiger partial charge in [-0.2, -0.15) is 0 Å². The number of anilines is 1. The number of ether oxygens (including phenoxy) is 2. The average Bonchev–Trinajstić information content (AvgIpc) is 3.51. The van der Waals surface area contributed by atoms with Gasteiger partial charge in [0.2, 0.25) is 10.0 Å². The molecule has 1 aliphatic heterocycles. The smallest absolute Gasteiger partial charge is 0.338 e. The van der Waals surface area contributed by atoms with E-state index in [2.05, 4.69) is 10.3 Å². The van der Waals surface area contributed by atoms with Crippen LogP contribution in [0.1, 0.15) is 60.2 Å². The van der Waals surface area contributed by atoms with E-state index in [1.165, 1.54) is 4.41 Å². The van der Waals surface area contributed by atoms with Crippen molar-refractivity contribution >= 4 is 21.7 Å². The Balaban J connectivity index is 1.28. The summed E-state index contributed by atoms with van der Waals surface area (Å²) in [4.78, 5) is 14.6. The maximum Gasteiger partial charge on any atom is 0.338 e. The molecule has 1 aliphatic carbocycles. The number of hydrogen-bond donors (Lipinski definition) is 2. The van der Waals surface area contributed by atoms with Crippen molar-refractivity contribution in [1.29, 1.82) is 0 Å². The Morgan fingerprint density at radius 3 is 2.41 bits per heavy atom. The number of carbonyl (C=O) groups is 1. The number of benzene rings is 2. The first-order valence-electron chi connectivity index (χ1n) is 14.0. The van der Waals surface area contributed by atoms with Crippen LogP contribution in [0.3, 0.4) is 0 Å². The van der Waals surface area contributed by atoms with Crippen molar-refractivity contribution in [2.24, 2.45) is 5.92 Å². The van der Waals surface area contributed by atoms with Crippen molar-refractivity contribution < 1.29 is 27.8 Å². The van der Waals surface area contributed by atoms with Gasteiger partial charge in [0.25, 0.3) is 0 Å². The van der Waals surface area contributed by atoms with Gasteiger partial charge in [-0.1, -0.05) is 37.1 Å². The molecule has 0 spiro atoms. The fourth-order valence-electron chi connectivity index (χ4n) is 5.12. The predicted octanol–water partition coefficient (Wildman–Crippen LogP) is 3.30. The third kappa shape index (κ3) is 8.25. The highest BCUT2D eigenvalue weighted by molar-refractivity contribution is 7.92. The molecule has 0 aromatic heterocycles. The Kier molecular flexibility index (Phi) is 10.8. The summed E-state index contributed by atoms with van der Waals surface area (Å²) in [5, 5.41) is 10.7. The lowest BCUT2D eigenvalue weighted by Gasteiger charge is -2.26. The minimum atomic E-state index is -3.56. The van der Waals surface area contributed by atoms with Crippen molar-refractivity contribution in [3.63, 3.8) is 0 Å². The maximum absolute atomic E-state index is 12.8. The summed E-state index contributed by atoms with van der Waals surface area (Å²) >= 11 is 0. The van der Waals surface area contributed by atoms with Crippen LogP contribution in [0, 0.1) is 5.92 Å². The lowest BCUT2D eigenvalue weighted by atomic mass is 9.94. The summed E-state index contributed by atoms with van der Waals surface area (Å²) in [6.07, 6.45) is 4.40. The molecule has 4 rings (SSSR count). The van der Waals surface area contributed by atoms with Gasteiger partial charge in [0.05, 0.1) is 36.3 Å². The summed E-state index contributed by atoms with van der Waals surface area (Å²) in [5.41, 5.74) is 5.84. The standard InChI is InChI=1S/C29H41N3O6S/c1-2-39(35,36)32(27-13-11-25(12-14-27)28(33)24-5-3-4-6-24)30-16-15-23-7-9-26(10-8-23)29(34)38-22-19-31-17-20-37-21-18-31/h7-14,24,28,30,33H,2-6,15-22H2,1H3. The van der Waals surface area contributed by atoms with E-state index in [0.29, 0.717) is 50.6 Å². The number of aliphatic hydroxyl groups excluding tert-OH is 1. The Hall–Kier alpha value is -2.50. The van der Waals surface area contributed by atoms with Crippen LogP contribution in [0.15, 0.2) is 48.5 Å². The fraction of sp³-hybridized carbons (Fsp3) is 0.552. The Labute approximate surface area is 232 Å². The Morgan fingerprint density at radius 2 is 1.77 bits per heavy atom. The molecular formula is C29H41N3O6S. The molecule has 1 heterocycles. The Bertz CT molecular complexity index is 1140. The zero-order chi connectivity index (χ0) is 27.7. The van der Waals surface area contributed by atoms with E-state index in [1.807, 2.05) is 24.3 Å². The van der Waals surface area contributed by atoms with E-state index >= 15 is 0 Å². The first-order valence-corrected chi connectivity index (χ1v) is 15.6. The number of carbonyl (C=O) groups excluding carboxylic acids is 1.